The largest absolute Gasteiger partial charge is 0.479 e. The molecule has 16 heavy (non-hydrogen) atoms. The minimum Gasteiger partial charge on any atom is -0.479 e. The number of carboxylic acids is 1. The van der Waals surface area contributed by atoms with Crippen LogP contribution >= 0.6 is 11.3 Å². The van der Waals surface area contributed by atoms with Crippen LogP contribution in [0.3, 0.4) is 0 Å². The van der Waals surface area contributed by atoms with Crippen molar-refractivity contribution in [3.8, 4) is 0 Å². The molecule has 0 aliphatic rings. The van der Waals surface area contributed by atoms with Crippen LogP contribution in [-0.2, 0) is 4.79 Å². The zero-order valence-electron chi connectivity index (χ0n) is 8.40. The van der Waals surface area contributed by atoms with Gasteiger partial charge in [-0.2, -0.15) is 0 Å². The Balaban J connectivity index is 2.69. The molecule has 1 aromatic carbocycles. The Morgan fingerprint density at radius 3 is 2.81 bits per heavy atom. The summed E-state index contributed by atoms with van der Waals surface area (Å²) in [6, 6.07) is 4.09. The third kappa shape index (κ3) is 1.68. The Hall–Kier alpha value is -1.46. The fraction of sp³-hybridized carbons (Fsp3) is 0.182. The monoisotopic (exact) mass is 240 g/mol. The molecule has 1 atom stereocenters. The minimum absolute atomic E-state index is 0.354. The maximum absolute atomic E-state index is 13.0. The fourth-order valence-corrected chi connectivity index (χ4v) is 2.80. The molecule has 5 heteroatoms. The molecule has 0 saturated heterocycles. The van der Waals surface area contributed by atoms with Crippen LogP contribution in [0.1, 0.15) is 16.5 Å². The summed E-state index contributed by atoms with van der Waals surface area (Å²) in [7, 11) is 0. The Labute approximate surface area is 94.8 Å². The number of rotatable bonds is 2. The summed E-state index contributed by atoms with van der Waals surface area (Å²) in [5.74, 6) is -1.67. The Kier molecular flexibility index (Phi) is 2.65. The summed E-state index contributed by atoms with van der Waals surface area (Å²) in [5.41, 5.74) is 0.354. The molecular formula is C11H9FO3S. The van der Waals surface area contributed by atoms with E-state index in [1.165, 1.54) is 29.5 Å². The Morgan fingerprint density at radius 1 is 1.50 bits per heavy atom. The molecule has 0 radical (unpaired) electrons. The number of halogens is 1. The van der Waals surface area contributed by atoms with Crippen LogP contribution < -0.4 is 0 Å². The van der Waals surface area contributed by atoms with Gasteiger partial charge in [0.2, 0.25) is 0 Å². The van der Waals surface area contributed by atoms with Crippen LogP contribution in [0.15, 0.2) is 18.2 Å². The molecule has 0 spiro atoms. The van der Waals surface area contributed by atoms with Gasteiger partial charge in [-0.1, -0.05) is 6.07 Å². The van der Waals surface area contributed by atoms with Crippen LogP contribution in [-0.4, -0.2) is 16.2 Å². The average Bonchev–Trinajstić information content (AvgIpc) is 2.51. The van der Waals surface area contributed by atoms with Gasteiger partial charge >= 0.3 is 5.97 Å². The second-order valence-electron chi connectivity index (χ2n) is 3.45. The lowest BCUT2D eigenvalue weighted by atomic mass is 10.1. The summed E-state index contributed by atoms with van der Waals surface area (Å²) >= 11 is 1.28. The molecule has 0 fully saturated rings. The number of carboxylic acid groups (broad SMARTS) is 1. The predicted octanol–water partition coefficient (Wildman–Crippen LogP) is 2.47. The van der Waals surface area contributed by atoms with E-state index in [1.807, 2.05) is 0 Å². The first-order valence-electron chi connectivity index (χ1n) is 4.60. The van der Waals surface area contributed by atoms with Gasteiger partial charge in [0.25, 0.3) is 0 Å². The van der Waals surface area contributed by atoms with Crippen molar-refractivity contribution in [1.82, 2.24) is 0 Å². The molecule has 2 aromatic rings. The van der Waals surface area contributed by atoms with Gasteiger partial charge in [0.05, 0.1) is 0 Å². The van der Waals surface area contributed by atoms with Gasteiger partial charge in [0.15, 0.2) is 6.10 Å². The number of aryl methyl sites for hydroxylation is 1. The molecule has 0 amide bonds. The van der Waals surface area contributed by atoms with E-state index < -0.39 is 12.1 Å². The average molecular weight is 240 g/mol. The van der Waals surface area contributed by atoms with Gasteiger partial charge in [0.1, 0.15) is 5.82 Å². The van der Waals surface area contributed by atoms with Crippen LogP contribution in [0.5, 0.6) is 0 Å². The van der Waals surface area contributed by atoms with E-state index in [9.17, 15) is 14.3 Å². The lowest BCUT2D eigenvalue weighted by Crippen LogP contribution is -2.10. The lowest BCUT2D eigenvalue weighted by molar-refractivity contribution is -0.146. The van der Waals surface area contributed by atoms with Crippen LogP contribution in [0.2, 0.25) is 0 Å². The van der Waals surface area contributed by atoms with E-state index in [2.05, 4.69) is 0 Å². The Bertz CT molecular complexity index is 562. The number of benzene rings is 1. The van der Waals surface area contributed by atoms with Crippen molar-refractivity contribution >= 4 is 27.4 Å². The van der Waals surface area contributed by atoms with E-state index in [4.69, 9.17) is 5.11 Å². The highest BCUT2D eigenvalue weighted by molar-refractivity contribution is 7.19. The molecule has 2 N–H and O–H groups in total. The zero-order valence-corrected chi connectivity index (χ0v) is 9.21. The summed E-state index contributed by atoms with van der Waals surface area (Å²) in [5, 5.41) is 18.9. The zero-order chi connectivity index (χ0) is 11.9. The van der Waals surface area contributed by atoms with Gasteiger partial charge < -0.3 is 10.2 Å². The molecule has 3 nitrogen and oxygen atoms in total. The third-order valence-electron chi connectivity index (χ3n) is 2.38. The molecule has 1 aromatic heterocycles. The third-order valence-corrected chi connectivity index (χ3v) is 3.47. The van der Waals surface area contributed by atoms with Crippen molar-refractivity contribution < 1.29 is 19.4 Å². The lowest BCUT2D eigenvalue weighted by Gasteiger charge is -2.05. The normalized spacial score (nSPS) is 12.9. The van der Waals surface area contributed by atoms with Crippen molar-refractivity contribution in [3.63, 3.8) is 0 Å². The number of carbonyl (C=O) groups is 1. The second-order valence-corrected chi connectivity index (χ2v) is 4.71. The van der Waals surface area contributed by atoms with Crippen LogP contribution in [0, 0.1) is 12.7 Å². The molecule has 0 aliphatic heterocycles. The summed E-state index contributed by atoms with van der Waals surface area (Å²) < 4.78 is 13.6. The predicted molar refractivity (Wildman–Crippen MR) is 59.1 cm³/mol. The number of aliphatic hydroxyl groups excluding tert-OH is 1. The molecule has 84 valence electrons. The molecule has 1 unspecified atom stereocenters. The molecule has 0 bridgehead atoms. The van der Waals surface area contributed by atoms with E-state index in [0.29, 0.717) is 20.5 Å². The van der Waals surface area contributed by atoms with Crippen molar-refractivity contribution in [2.24, 2.45) is 0 Å². The van der Waals surface area contributed by atoms with Crippen LogP contribution in [0.25, 0.3) is 10.1 Å². The molecule has 1 heterocycles. The minimum atomic E-state index is -1.56. The smallest absolute Gasteiger partial charge is 0.337 e. The topological polar surface area (TPSA) is 57.5 Å². The molecule has 0 aliphatic carbocycles. The highest BCUT2D eigenvalue weighted by atomic mass is 32.1. The van der Waals surface area contributed by atoms with E-state index in [1.54, 1.807) is 6.92 Å². The number of aliphatic carboxylic acids is 1. The molecular weight excluding hydrogens is 231 g/mol. The van der Waals surface area contributed by atoms with Crippen molar-refractivity contribution in [2.75, 3.05) is 0 Å². The number of aliphatic hydroxyl groups is 1. The maximum Gasteiger partial charge on any atom is 0.337 e. The van der Waals surface area contributed by atoms with Crippen molar-refractivity contribution in [1.29, 1.82) is 0 Å². The van der Waals surface area contributed by atoms with Crippen molar-refractivity contribution in [2.45, 2.75) is 13.0 Å². The fourth-order valence-electron chi connectivity index (χ4n) is 1.68. The van der Waals surface area contributed by atoms with E-state index in [-0.39, 0.29) is 5.82 Å². The number of fused-ring (bicyclic) bond motifs is 1. The van der Waals surface area contributed by atoms with Gasteiger partial charge in [-0.05, 0) is 24.4 Å². The maximum atomic E-state index is 13.0. The van der Waals surface area contributed by atoms with Crippen molar-refractivity contribution in [3.05, 3.63) is 34.5 Å². The first kappa shape index (κ1) is 11.0. The highest BCUT2D eigenvalue weighted by Crippen LogP contribution is 2.35. The number of hydrogen-bond acceptors (Lipinski definition) is 3. The number of thiophene rings is 1. The molecule has 0 saturated carbocycles. The summed E-state index contributed by atoms with van der Waals surface area (Å²) in [6.45, 7) is 1.71. The van der Waals surface area contributed by atoms with E-state index in [0.717, 1.165) is 0 Å². The summed E-state index contributed by atoms with van der Waals surface area (Å²) in [6.07, 6.45) is -1.56. The van der Waals surface area contributed by atoms with Crippen LogP contribution in [0.4, 0.5) is 4.39 Å². The quantitative estimate of drug-likeness (QED) is 0.847. The second kappa shape index (κ2) is 3.84. The highest BCUT2D eigenvalue weighted by Gasteiger charge is 2.22. The Morgan fingerprint density at radius 2 is 2.19 bits per heavy atom. The molecule has 2 rings (SSSR count). The van der Waals surface area contributed by atoms with Gasteiger partial charge in [-0.3, -0.25) is 0 Å². The summed E-state index contributed by atoms with van der Waals surface area (Å²) in [4.78, 5) is 11.4. The first-order valence-corrected chi connectivity index (χ1v) is 5.42. The van der Waals surface area contributed by atoms with Gasteiger partial charge in [0, 0.05) is 15.1 Å². The van der Waals surface area contributed by atoms with Gasteiger partial charge in [-0.25, -0.2) is 9.18 Å². The van der Waals surface area contributed by atoms with E-state index >= 15 is 0 Å². The SMILES string of the molecule is Cc1sc2cc(F)ccc2c1C(O)C(=O)O. The first-order chi connectivity index (χ1) is 7.50. The van der Waals surface area contributed by atoms with Gasteiger partial charge in [-0.15, -0.1) is 11.3 Å². The standard InChI is InChI=1S/C11H9FO3S/c1-5-9(10(13)11(14)15)7-3-2-6(12)4-8(7)16-5/h2-4,10,13H,1H3,(H,14,15). The number of hydrogen-bond donors (Lipinski definition) is 2.